The number of esters is 1. The van der Waals surface area contributed by atoms with Crippen LogP contribution in [0, 0.1) is 0 Å². The molecule has 0 radical (unpaired) electrons. The molecule has 9 nitrogen and oxygen atoms in total. The van der Waals surface area contributed by atoms with E-state index in [1.165, 1.54) is 32.4 Å². The van der Waals surface area contributed by atoms with Gasteiger partial charge < -0.3 is 9.47 Å². The summed E-state index contributed by atoms with van der Waals surface area (Å²) in [6.07, 6.45) is 6.80. The minimum Gasteiger partial charge on any atom is -0.495 e. The molecule has 0 spiro atoms. The van der Waals surface area contributed by atoms with E-state index < -0.39 is 16.0 Å². The van der Waals surface area contributed by atoms with Crippen molar-refractivity contribution < 1.29 is 22.7 Å². The van der Waals surface area contributed by atoms with Gasteiger partial charge in [0.1, 0.15) is 10.6 Å². The lowest BCUT2D eigenvalue weighted by molar-refractivity contribution is 0.0600. The summed E-state index contributed by atoms with van der Waals surface area (Å²) in [6, 6.07) is 5.89. The van der Waals surface area contributed by atoms with E-state index in [2.05, 4.69) is 19.5 Å². The molecule has 10 heteroatoms. The first-order valence-electron chi connectivity index (χ1n) is 8.53. The molecule has 29 heavy (non-hydrogen) atoms. The van der Waals surface area contributed by atoms with Crippen LogP contribution in [0.2, 0.25) is 0 Å². The van der Waals surface area contributed by atoms with Gasteiger partial charge in [-0.05, 0) is 29.8 Å². The fraction of sp³-hybridized carbons (Fsp3) is 0.211. The van der Waals surface area contributed by atoms with E-state index in [4.69, 9.17) is 4.74 Å². The number of sulfonamides is 1. The second-order valence-corrected chi connectivity index (χ2v) is 7.90. The van der Waals surface area contributed by atoms with Crippen LogP contribution in [0.4, 0.5) is 0 Å². The minimum atomic E-state index is -3.97. The number of benzene rings is 1. The molecule has 152 valence electrons. The highest BCUT2D eigenvalue weighted by molar-refractivity contribution is 7.89. The zero-order valence-corrected chi connectivity index (χ0v) is 16.9. The van der Waals surface area contributed by atoms with E-state index in [0.717, 1.165) is 11.1 Å². The number of hydrogen-bond donors (Lipinski definition) is 1. The Hall–Kier alpha value is -3.24. The van der Waals surface area contributed by atoms with Gasteiger partial charge in [-0.3, -0.25) is 9.67 Å². The Labute approximate surface area is 168 Å². The number of aromatic nitrogens is 3. The fourth-order valence-corrected chi connectivity index (χ4v) is 3.91. The molecule has 0 saturated carbocycles. The van der Waals surface area contributed by atoms with Crippen molar-refractivity contribution in [2.24, 2.45) is 7.05 Å². The maximum atomic E-state index is 12.8. The highest BCUT2D eigenvalue weighted by Gasteiger charge is 2.22. The zero-order chi connectivity index (χ0) is 21.0. The van der Waals surface area contributed by atoms with E-state index in [1.54, 1.807) is 23.3 Å². The highest BCUT2D eigenvalue weighted by atomic mass is 32.2. The lowest BCUT2D eigenvalue weighted by Gasteiger charge is -2.12. The monoisotopic (exact) mass is 416 g/mol. The Bertz CT molecular complexity index is 1140. The molecule has 0 unspecified atom stereocenters. The Morgan fingerprint density at radius 3 is 2.59 bits per heavy atom. The second-order valence-electron chi connectivity index (χ2n) is 6.17. The number of hydrogen-bond acceptors (Lipinski definition) is 7. The number of carbonyl (C=O) groups excluding carboxylic acids is 1. The molecule has 0 amide bonds. The van der Waals surface area contributed by atoms with Crippen molar-refractivity contribution in [1.29, 1.82) is 0 Å². The summed E-state index contributed by atoms with van der Waals surface area (Å²) in [4.78, 5) is 15.8. The summed E-state index contributed by atoms with van der Waals surface area (Å²) >= 11 is 0. The number of ether oxygens (including phenoxy) is 2. The lowest BCUT2D eigenvalue weighted by Crippen LogP contribution is -2.24. The van der Waals surface area contributed by atoms with Crippen LogP contribution in [0.3, 0.4) is 0 Å². The molecular formula is C19H20N4O5S. The van der Waals surface area contributed by atoms with Gasteiger partial charge in [0, 0.05) is 43.3 Å². The van der Waals surface area contributed by atoms with Crippen LogP contribution >= 0.6 is 0 Å². The van der Waals surface area contributed by atoms with Crippen molar-refractivity contribution in [1.82, 2.24) is 19.5 Å². The number of nitrogens with zero attached hydrogens (tertiary/aromatic N) is 3. The van der Waals surface area contributed by atoms with Crippen molar-refractivity contribution in [2.75, 3.05) is 14.2 Å². The summed E-state index contributed by atoms with van der Waals surface area (Å²) in [5.41, 5.74) is 2.46. The third-order valence-corrected chi connectivity index (χ3v) is 5.60. The largest absolute Gasteiger partial charge is 0.495 e. The molecule has 0 bridgehead atoms. The molecule has 0 saturated heterocycles. The molecule has 3 rings (SSSR count). The van der Waals surface area contributed by atoms with Crippen LogP contribution < -0.4 is 9.46 Å². The molecule has 3 aromatic rings. The number of pyridine rings is 1. The molecule has 1 aromatic carbocycles. The van der Waals surface area contributed by atoms with Gasteiger partial charge in [0.2, 0.25) is 10.0 Å². The van der Waals surface area contributed by atoms with Gasteiger partial charge in [0.25, 0.3) is 0 Å². The Morgan fingerprint density at radius 2 is 1.93 bits per heavy atom. The Morgan fingerprint density at radius 1 is 1.14 bits per heavy atom. The Balaban J connectivity index is 1.84. The van der Waals surface area contributed by atoms with Crippen LogP contribution in [0.1, 0.15) is 15.9 Å². The minimum absolute atomic E-state index is 0.00897. The van der Waals surface area contributed by atoms with Crippen molar-refractivity contribution in [3.63, 3.8) is 0 Å². The molecule has 0 aliphatic rings. The average molecular weight is 416 g/mol. The standard InChI is InChI=1S/C19H20N4O5S/c1-23-12-16(11-21-23)15-6-13(8-20-10-15)9-22-29(25,26)18-7-14(19(24)28-3)4-5-17(18)27-2/h4-8,10-12,22H,9H2,1-3H3. The molecule has 0 aliphatic heterocycles. The van der Waals surface area contributed by atoms with Gasteiger partial charge in [-0.2, -0.15) is 5.10 Å². The van der Waals surface area contributed by atoms with E-state index >= 15 is 0 Å². The summed E-state index contributed by atoms with van der Waals surface area (Å²) in [7, 11) is 0.422. The van der Waals surface area contributed by atoms with Crippen molar-refractivity contribution in [3.05, 3.63) is 60.2 Å². The molecular weight excluding hydrogens is 396 g/mol. The van der Waals surface area contributed by atoms with E-state index in [-0.39, 0.29) is 22.8 Å². The predicted molar refractivity (Wildman–Crippen MR) is 105 cm³/mol. The summed E-state index contributed by atoms with van der Waals surface area (Å²) < 4.78 is 39.6. The fourth-order valence-electron chi connectivity index (χ4n) is 2.70. The normalized spacial score (nSPS) is 11.3. The van der Waals surface area contributed by atoms with Gasteiger partial charge in [-0.15, -0.1) is 0 Å². The van der Waals surface area contributed by atoms with E-state index in [0.29, 0.717) is 5.56 Å². The van der Waals surface area contributed by atoms with Crippen LogP contribution in [0.5, 0.6) is 5.75 Å². The van der Waals surface area contributed by atoms with Crippen molar-refractivity contribution in [3.8, 4) is 16.9 Å². The van der Waals surface area contributed by atoms with Crippen LogP contribution in [0.15, 0.2) is 53.9 Å². The maximum Gasteiger partial charge on any atom is 0.337 e. The zero-order valence-electron chi connectivity index (χ0n) is 16.1. The third kappa shape index (κ3) is 4.61. The van der Waals surface area contributed by atoms with Crippen LogP contribution in [-0.2, 0) is 28.4 Å². The van der Waals surface area contributed by atoms with Gasteiger partial charge in [-0.25, -0.2) is 17.9 Å². The average Bonchev–Trinajstić information content (AvgIpc) is 3.18. The van der Waals surface area contributed by atoms with Crippen molar-refractivity contribution in [2.45, 2.75) is 11.4 Å². The molecule has 0 aliphatic carbocycles. The number of methoxy groups -OCH3 is 2. The van der Waals surface area contributed by atoms with Gasteiger partial charge in [-0.1, -0.05) is 0 Å². The van der Waals surface area contributed by atoms with E-state index in [1.807, 2.05) is 19.3 Å². The molecule has 1 N–H and O–H groups in total. The second kappa shape index (κ2) is 8.41. The summed E-state index contributed by atoms with van der Waals surface area (Å²) in [5.74, 6) is -0.523. The maximum absolute atomic E-state index is 12.8. The molecule has 2 heterocycles. The quantitative estimate of drug-likeness (QED) is 0.584. The molecule has 0 fully saturated rings. The number of aryl methyl sites for hydroxylation is 1. The van der Waals surface area contributed by atoms with Crippen LogP contribution in [0.25, 0.3) is 11.1 Å². The first kappa shape index (κ1) is 20.5. The van der Waals surface area contributed by atoms with Crippen LogP contribution in [-0.4, -0.2) is 43.4 Å². The number of rotatable bonds is 7. The summed E-state index contributed by atoms with van der Waals surface area (Å²) in [5, 5.41) is 4.12. The number of nitrogens with one attached hydrogen (secondary N) is 1. The molecule has 2 aromatic heterocycles. The highest BCUT2D eigenvalue weighted by Crippen LogP contribution is 2.25. The first-order valence-corrected chi connectivity index (χ1v) is 10.0. The summed E-state index contributed by atoms with van der Waals surface area (Å²) in [6.45, 7) is 0.00897. The smallest absolute Gasteiger partial charge is 0.337 e. The molecule has 0 atom stereocenters. The van der Waals surface area contributed by atoms with Crippen molar-refractivity contribution >= 4 is 16.0 Å². The first-order chi connectivity index (χ1) is 13.8. The van der Waals surface area contributed by atoms with E-state index in [9.17, 15) is 13.2 Å². The SMILES string of the molecule is COC(=O)c1ccc(OC)c(S(=O)(=O)NCc2cncc(-c3cnn(C)c3)c2)c1. The number of carbonyl (C=O) groups is 1. The van der Waals surface area contributed by atoms with Gasteiger partial charge >= 0.3 is 5.97 Å². The van der Waals surface area contributed by atoms with Gasteiger partial charge in [0.05, 0.1) is 26.0 Å². The topological polar surface area (TPSA) is 112 Å². The predicted octanol–water partition coefficient (Wildman–Crippen LogP) is 1.76. The third-order valence-electron chi connectivity index (χ3n) is 4.17. The van der Waals surface area contributed by atoms with Gasteiger partial charge in [0.15, 0.2) is 0 Å². The lowest BCUT2D eigenvalue weighted by atomic mass is 10.1. The Kier molecular flexibility index (Phi) is 5.95.